The van der Waals surface area contributed by atoms with Crippen LogP contribution in [0.4, 0.5) is 4.39 Å². The molecule has 0 saturated carbocycles. The first-order valence-corrected chi connectivity index (χ1v) is 7.91. The Morgan fingerprint density at radius 1 is 1.30 bits per heavy atom. The molecule has 5 heteroatoms. The lowest BCUT2D eigenvalue weighted by Crippen LogP contribution is -2.36. The van der Waals surface area contributed by atoms with Crippen LogP contribution in [0.5, 0.6) is 0 Å². The van der Waals surface area contributed by atoms with E-state index in [2.05, 4.69) is 5.32 Å². The summed E-state index contributed by atoms with van der Waals surface area (Å²) < 4.78 is 24.1. The molecule has 23 heavy (non-hydrogen) atoms. The Labute approximate surface area is 134 Å². The number of rotatable bonds is 6. The summed E-state index contributed by atoms with van der Waals surface area (Å²) in [6.45, 7) is 0.699. The zero-order chi connectivity index (χ0) is 16.1. The molecule has 0 aliphatic carbocycles. The molecule has 1 amide bonds. The van der Waals surface area contributed by atoms with Crippen LogP contribution < -0.4 is 5.32 Å². The van der Waals surface area contributed by atoms with Gasteiger partial charge in [0.2, 0.25) is 5.91 Å². The fourth-order valence-electron chi connectivity index (χ4n) is 2.86. The largest absolute Gasteiger partial charge is 0.469 e. The average Bonchev–Trinajstić information content (AvgIpc) is 3.25. The van der Waals surface area contributed by atoms with E-state index in [1.54, 1.807) is 24.5 Å². The fourth-order valence-corrected chi connectivity index (χ4v) is 2.86. The highest BCUT2D eigenvalue weighted by molar-refractivity contribution is 5.76. The van der Waals surface area contributed by atoms with Crippen LogP contribution in [0, 0.1) is 5.82 Å². The number of amides is 1. The van der Waals surface area contributed by atoms with Crippen LogP contribution >= 0.6 is 0 Å². The minimum Gasteiger partial charge on any atom is -0.469 e. The highest BCUT2D eigenvalue weighted by atomic mass is 19.1. The van der Waals surface area contributed by atoms with E-state index >= 15 is 0 Å². The van der Waals surface area contributed by atoms with Gasteiger partial charge in [-0.25, -0.2) is 4.39 Å². The molecule has 1 aromatic heterocycles. The Hall–Kier alpha value is -2.14. The van der Waals surface area contributed by atoms with Crippen LogP contribution in [0.25, 0.3) is 0 Å². The van der Waals surface area contributed by atoms with Crippen LogP contribution in [0.3, 0.4) is 0 Å². The lowest BCUT2D eigenvalue weighted by atomic mass is 9.99. The molecule has 0 radical (unpaired) electrons. The number of carbonyl (C=O) groups is 1. The third-order valence-corrected chi connectivity index (χ3v) is 4.06. The van der Waals surface area contributed by atoms with Crippen molar-refractivity contribution in [1.82, 2.24) is 5.32 Å². The Bertz CT molecular complexity index is 618. The van der Waals surface area contributed by atoms with Crippen LogP contribution in [0.1, 0.15) is 36.6 Å². The third-order valence-electron chi connectivity index (χ3n) is 4.06. The van der Waals surface area contributed by atoms with Crippen molar-refractivity contribution in [2.24, 2.45) is 0 Å². The molecule has 0 unspecified atom stereocenters. The van der Waals surface area contributed by atoms with Gasteiger partial charge in [0, 0.05) is 19.4 Å². The molecular formula is C18H20FNO3. The number of benzene rings is 1. The minimum atomic E-state index is -0.288. The summed E-state index contributed by atoms with van der Waals surface area (Å²) in [7, 11) is 0. The van der Waals surface area contributed by atoms with Crippen molar-refractivity contribution in [2.75, 3.05) is 6.61 Å². The molecule has 2 aromatic rings. The van der Waals surface area contributed by atoms with Gasteiger partial charge in [0.1, 0.15) is 11.6 Å². The smallest absolute Gasteiger partial charge is 0.221 e. The molecule has 4 nitrogen and oxygen atoms in total. The highest BCUT2D eigenvalue weighted by Crippen LogP contribution is 2.27. The average molecular weight is 317 g/mol. The summed E-state index contributed by atoms with van der Waals surface area (Å²) >= 11 is 0. The zero-order valence-electron chi connectivity index (χ0n) is 12.8. The zero-order valence-corrected chi connectivity index (χ0v) is 12.8. The number of halogens is 1. The van der Waals surface area contributed by atoms with E-state index in [9.17, 15) is 9.18 Å². The fraction of sp³-hybridized carbons (Fsp3) is 0.389. The summed E-state index contributed by atoms with van der Waals surface area (Å²) in [5.74, 6) is 0.436. The van der Waals surface area contributed by atoms with Crippen LogP contribution in [-0.4, -0.2) is 18.6 Å². The number of hydrogen-bond donors (Lipinski definition) is 1. The predicted octanol–water partition coefficient (Wildman–Crippen LogP) is 3.39. The van der Waals surface area contributed by atoms with E-state index in [1.807, 2.05) is 6.07 Å². The molecule has 2 heterocycles. The van der Waals surface area contributed by atoms with Crippen molar-refractivity contribution >= 4 is 5.91 Å². The number of furan rings is 1. The lowest BCUT2D eigenvalue weighted by Gasteiger charge is -2.24. The summed E-state index contributed by atoms with van der Waals surface area (Å²) in [6, 6.07) is 9.63. The van der Waals surface area contributed by atoms with Crippen LogP contribution in [0.2, 0.25) is 0 Å². The molecule has 1 aliphatic heterocycles. The van der Waals surface area contributed by atoms with Gasteiger partial charge in [0.25, 0.3) is 0 Å². The first kappa shape index (κ1) is 15.7. The lowest BCUT2D eigenvalue weighted by molar-refractivity contribution is -0.122. The summed E-state index contributed by atoms with van der Waals surface area (Å²) in [6.07, 6.45) is 4.30. The molecule has 1 aromatic carbocycles. The monoisotopic (exact) mass is 317 g/mol. The topological polar surface area (TPSA) is 51.5 Å². The summed E-state index contributed by atoms with van der Waals surface area (Å²) in [5.41, 5.74) is 0.865. The van der Waals surface area contributed by atoms with E-state index < -0.39 is 0 Å². The second-order valence-electron chi connectivity index (χ2n) is 5.73. The van der Waals surface area contributed by atoms with E-state index in [4.69, 9.17) is 9.15 Å². The number of aryl methyl sites for hydroxylation is 1. The maximum atomic E-state index is 13.1. The van der Waals surface area contributed by atoms with Crippen molar-refractivity contribution in [1.29, 1.82) is 0 Å². The predicted molar refractivity (Wildman–Crippen MR) is 83.3 cm³/mol. The van der Waals surface area contributed by atoms with Gasteiger partial charge in [-0.15, -0.1) is 0 Å². The van der Waals surface area contributed by atoms with E-state index in [0.29, 0.717) is 19.4 Å². The molecule has 1 aliphatic rings. The molecule has 1 N–H and O–H groups in total. The number of hydrogen-bond acceptors (Lipinski definition) is 3. The van der Waals surface area contributed by atoms with Gasteiger partial charge in [0.15, 0.2) is 0 Å². The second-order valence-corrected chi connectivity index (χ2v) is 5.73. The minimum absolute atomic E-state index is 0.0620. The molecular weight excluding hydrogens is 297 g/mol. The van der Waals surface area contributed by atoms with E-state index in [1.165, 1.54) is 12.1 Å². The maximum absolute atomic E-state index is 13.1. The van der Waals surface area contributed by atoms with Gasteiger partial charge in [-0.1, -0.05) is 12.1 Å². The van der Waals surface area contributed by atoms with Gasteiger partial charge in [0.05, 0.1) is 18.4 Å². The van der Waals surface area contributed by atoms with Gasteiger partial charge in [-0.05, 0) is 42.7 Å². The second kappa shape index (κ2) is 7.42. The van der Waals surface area contributed by atoms with Gasteiger partial charge in [-0.3, -0.25) is 4.79 Å². The molecule has 0 spiro atoms. The molecule has 122 valence electrons. The van der Waals surface area contributed by atoms with Crippen molar-refractivity contribution in [3.05, 3.63) is 59.8 Å². The van der Waals surface area contributed by atoms with Crippen LogP contribution in [0.15, 0.2) is 47.1 Å². The van der Waals surface area contributed by atoms with Crippen molar-refractivity contribution in [2.45, 2.75) is 37.8 Å². The van der Waals surface area contributed by atoms with Gasteiger partial charge in [-0.2, -0.15) is 0 Å². The number of carbonyl (C=O) groups excluding carboxylic acids is 1. The Morgan fingerprint density at radius 3 is 2.78 bits per heavy atom. The van der Waals surface area contributed by atoms with E-state index in [-0.39, 0.29) is 23.9 Å². The first-order chi connectivity index (χ1) is 11.2. The maximum Gasteiger partial charge on any atom is 0.221 e. The quantitative estimate of drug-likeness (QED) is 0.888. The van der Waals surface area contributed by atoms with Gasteiger partial charge >= 0.3 is 0 Å². The Kier molecular flexibility index (Phi) is 5.08. The molecule has 0 bridgehead atoms. The standard InChI is InChI=1S/C18H20FNO3/c19-14-7-5-13(6-8-14)18(16-4-2-12-23-16)20-17(21)10-9-15-3-1-11-22-15/h1,3,5-8,11,16,18H,2,4,9-10,12H2,(H,20,21)/t16-,18+/m0/s1. The van der Waals surface area contributed by atoms with Crippen molar-refractivity contribution in [3.8, 4) is 0 Å². The molecule has 3 rings (SSSR count). The normalized spacial score (nSPS) is 18.7. The highest BCUT2D eigenvalue weighted by Gasteiger charge is 2.28. The third kappa shape index (κ3) is 4.20. The molecule has 1 fully saturated rings. The number of ether oxygens (including phenoxy) is 1. The van der Waals surface area contributed by atoms with E-state index in [0.717, 1.165) is 24.2 Å². The molecule has 1 saturated heterocycles. The summed E-state index contributed by atoms with van der Waals surface area (Å²) in [5, 5.41) is 3.03. The van der Waals surface area contributed by atoms with Crippen LogP contribution in [-0.2, 0) is 16.0 Å². The van der Waals surface area contributed by atoms with Crippen molar-refractivity contribution < 1.29 is 18.3 Å². The number of nitrogens with one attached hydrogen (secondary N) is 1. The van der Waals surface area contributed by atoms with Gasteiger partial charge < -0.3 is 14.5 Å². The Balaban J connectivity index is 1.65. The SMILES string of the molecule is O=C(CCc1ccco1)N[C@H](c1ccc(F)cc1)[C@@H]1CCCO1. The molecule has 2 atom stereocenters. The first-order valence-electron chi connectivity index (χ1n) is 7.91. The van der Waals surface area contributed by atoms with Crippen molar-refractivity contribution in [3.63, 3.8) is 0 Å². The summed E-state index contributed by atoms with van der Waals surface area (Å²) in [4.78, 5) is 12.3. The Morgan fingerprint density at radius 2 is 2.13 bits per heavy atom.